The van der Waals surface area contributed by atoms with Crippen molar-refractivity contribution in [2.75, 3.05) is 5.73 Å². The van der Waals surface area contributed by atoms with E-state index < -0.39 is 0 Å². The van der Waals surface area contributed by atoms with Gasteiger partial charge in [-0.15, -0.1) is 5.10 Å². The Morgan fingerprint density at radius 1 is 1.31 bits per heavy atom. The van der Waals surface area contributed by atoms with E-state index in [-0.39, 0.29) is 6.01 Å². The molecule has 1 saturated carbocycles. The Kier molecular flexibility index (Phi) is 2.47. The van der Waals surface area contributed by atoms with Crippen LogP contribution >= 0.6 is 0 Å². The number of rotatable bonds is 3. The van der Waals surface area contributed by atoms with Gasteiger partial charge in [0.15, 0.2) is 0 Å². The Morgan fingerprint density at radius 3 is 2.69 bits per heavy atom. The van der Waals surface area contributed by atoms with Crippen molar-refractivity contribution < 1.29 is 4.42 Å². The summed E-state index contributed by atoms with van der Waals surface area (Å²) in [7, 11) is 0. The Labute approximate surface area is 77.5 Å². The van der Waals surface area contributed by atoms with Crippen molar-refractivity contribution in [3.05, 3.63) is 5.89 Å². The first-order valence-electron chi connectivity index (χ1n) is 4.92. The fraction of sp³-hybridized carbons (Fsp3) is 0.778. The van der Waals surface area contributed by atoms with Crippen LogP contribution in [-0.4, -0.2) is 10.2 Å². The van der Waals surface area contributed by atoms with E-state index in [0.717, 1.165) is 12.3 Å². The number of aromatic nitrogens is 2. The van der Waals surface area contributed by atoms with E-state index in [2.05, 4.69) is 10.2 Å². The Hall–Kier alpha value is -1.06. The van der Waals surface area contributed by atoms with Crippen molar-refractivity contribution in [2.24, 2.45) is 5.92 Å². The molecule has 1 aliphatic carbocycles. The van der Waals surface area contributed by atoms with Gasteiger partial charge in [0.1, 0.15) is 0 Å². The van der Waals surface area contributed by atoms with Crippen molar-refractivity contribution in [1.29, 1.82) is 0 Å². The molecule has 4 heteroatoms. The molecule has 4 nitrogen and oxygen atoms in total. The monoisotopic (exact) mass is 181 g/mol. The van der Waals surface area contributed by atoms with Crippen molar-refractivity contribution in [2.45, 2.75) is 38.5 Å². The predicted molar refractivity (Wildman–Crippen MR) is 49.0 cm³/mol. The molecule has 0 amide bonds. The van der Waals surface area contributed by atoms with Gasteiger partial charge in [-0.25, -0.2) is 0 Å². The van der Waals surface area contributed by atoms with Crippen molar-refractivity contribution in [3.8, 4) is 0 Å². The first-order valence-corrected chi connectivity index (χ1v) is 4.92. The molecule has 0 bridgehead atoms. The summed E-state index contributed by atoms with van der Waals surface area (Å²) in [5.41, 5.74) is 5.32. The first kappa shape index (κ1) is 8.53. The highest BCUT2D eigenvalue weighted by atomic mass is 16.4. The highest BCUT2D eigenvalue weighted by Gasteiger charge is 2.15. The Bertz CT molecular complexity index is 266. The quantitative estimate of drug-likeness (QED) is 0.771. The largest absolute Gasteiger partial charge is 0.408 e. The minimum Gasteiger partial charge on any atom is -0.408 e. The zero-order chi connectivity index (χ0) is 9.10. The molecule has 0 spiro atoms. The number of nitrogen functional groups attached to an aromatic ring is 1. The number of anilines is 1. The van der Waals surface area contributed by atoms with Crippen LogP contribution in [0.5, 0.6) is 0 Å². The van der Waals surface area contributed by atoms with Crippen LogP contribution in [0.15, 0.2) is 4.42 Å². The number of hydrogen-bond acceptors (Lipinski definition) is 4. The van der Waals surface area contributed by atoms with Gasteiger partial charge in [0.05, 0.1) is 0 Å². The zero-order valence-electron chi connectivity index (χ0n) is 7.70. The summed E-state index contributed by atoms with van der Waals surface area (Å²) in [5, 5.41) is 7.46. The van der Waals surface area contributed by atoms with Gasteiger partial charge in [0, 0.05) is 6.42 Å². The van der Waals surface area contributed by atoms with E-state index in [1.807, 2.05) is 0 Å². The van der Waals surface area contributed by atoms with Crippen LogP contribution in [0, 0.1) is 5.92 Å². The summed E-state index contributed by atoms with van der Waals surface area (Å²) < 4.78 is 5.10. The fourth-order valence-corrected chi connectivity index (χ4v) is 1.99. The van der Waals surface area contributed by atoms with Crippen LogP contribution in [0.1, 0.15) is 38.0 Å². The minimum atomic E-state index is 0.182. The van der Waals surface area contributed by atoms with Crippen LogP contribution < -0.4 is 5.73 Å². The second kappa shape index (κ2) is 3.77. The molecule has 1 aromatic heterocycles. The third kappa shape index (κ3) is 2.20. The molecule has 2 rings (SSSR count). The van der Waals surface area contributed by atoms with E-state index in [9.17, 15) is 0 Å². The van der Waals surface area contributed by atoms with Gasteiger partial charge in [0.2, 0.25) is 5.89 Å². The number of nitrogens with zero attached hydrogens (tertiary/aromatic N) is 2. The lowest BCUT2D eigenvalue weighted by Gasteiger charge is -2.04. The average Bonchev–Trinajstić information content (AvgIpc) is 2.71. The van der Waals surface area contributed by atoms with Crippen LogP contribution in [0.2, 0.25) is 0 Å². The molecule has 72 valence electrons. The van der Waals surface area contributed by atoms with Crippen molar-refractivity contribution in [1.82, 2.24) is 10.2 Å². The maximum atomic E-state index is 5.32. The molecular weight excluding hydrogens is 166 g/mol. The van der Waals surface area contributed by atoms with E-state index >= 15 is 0 Å². The van der Waals surface area contributed by atoms with Crippen LogP contribution in [0.3, 0.4) is 0 Å². The lowest BCUT2D eigenvalue weighted by Crippen LogP contribution is -1.96. The topological polar surface area (TPSA) is 64.9 Å². The Balaban J connectivity index is 1.78. The van der Waals surface area contributed by atoms with Crippen molar-refractivity contribution in [3.63, 3.8) is 0 Å². The number of hydrogen-bond donors (Lipinski definition) is 1. The van der Waals surface area contributed by atoms with Crippen LogP contribution in [0.4, 0.5) is 6.01 Å². The molecule has 0 unspecified atom stereocenters. The lowest BCUT2D eigenvalue weighted by molar-refractivity contribution is 0.444. The first-order chi connectivity index (χ1) is 6.34. The summed E-state index contributed by atoms with van der Waals surface area (Å²) in [5.74, 6) is 1.55. The SMILES string of the molecule is Nc1nnc(CCC2CCCC2)o1. The normalized spacial score (nSPS) is 18.2. The van der Waals surface area contributed by atoms with Gasteiger partial charge in [-0.3, -0.25) is 0 Å². The zero-order valence-corrected chi connectivity index (χ0v) is 7.70. The standard InChI is InChI=1S/C9H15N3O/c10-9-12-11-8(13-9)6-5-7-3-1-2-4-7/h7H,1-6H2,(H2,10,12). The molecule has 0 atom stereocenters. The van der Waals surface area contributed by atoms with Crippen LogP contribution in [-0.2, 0) is 6.42 Å². The molecular formula is C9H15N3O. The summed E-state index contributed by atoms with van der Waals surface area (Å²) >= 11 is 0. The Morgan fingerprint density at radius 2 is 2.08 bits per heavy atom. The highest BCUT2D eigenvalue weighted by Crippen LogP contribution is 2.28. The van der Waals surface area contributed by atoms with Gasteiger partial charge in [-0.05, 0) is 12.3 Å². The molecule has 2 N–H and O–H groups in total. The summed E-state index contributed by atoms with van der Waals surface area (Å²) in [4.78, 5) is 0. The average molecular weight is 181 g/mol. The van der Waals surface area contributed by atoms with Gasteiger partial charge < -0.3 is 10.2 Å². The van der Waals surface area contributed by atoms with Crippen LogP contribution in [0.25, 0.3) is 0 Å². The maximum Gasteiger partial charge on any atom is 0.312 e. The second-order valence-electron chi connectivity index (χ2n) is 3.72. The van der Waals surface area contributed by atoms with E-state index in [4.69, 9.17) is 10.2 Å². The van der Waals surface area contributed by atoms with Gasteiger partial charge in [-0.1, -0.05) is 30.8 Å². The molecule has 0 aliphatic heterocycles. The van der Waals surface area contributed by atoms with Gasteiger partial charge in [-0.2, -0.15) is 0 Å². The molecule has 13 heavy (non-hydrogen) atoms. The maximum absolute atomic E-state index is 5.32. The molecule has 0 aromatic carbocycles. The third-order valence-corrected chi connectivity index (χ3v) is 2.72. The number of aryl methyl sites for hydroxylation is 1. The van der Waals surface area contributed by atoms with Gasteiger partial charge in [0.25, 0.3) is 0 Å². The molecule has 1 aliphatic rings. The predicted octanol–water partition coefficient (Wildman–Crippen LogP) is 1.77. The summed E-state index contributed by atoms with van der Waals surface area (Å²) in [6.07, 6.45) is 7.55. The minimum absolute atomic E-state index is 0.182. The number of nitrogens with two attached hydrogens (primary N) is 1. The fourth-order valence-electron chi connectivity index (χ4n) is 1.99. The second-order valence-corrected chi connectivity index (χ2v) is 3.72. The third-order valence-electron chi connectivity index (χ3n) is 2.72. The lowest BCUT2D eigenvalue weighted by atomic mass is 10.0. The van der Waals surface area contributed by atoms with E-state index in [0.29, 0.717) is 5.89 Å². The molecule has 1 fully saturated rings. The molecule has 0 saturated heterocycles. The van der Waals surface area contributed by atoms with Crippen molar-refractivity contribution >= 4 is 6.01 Å². The van der Waals surface area contributed by atoms with E-state index in [1.54, 1.807) is 0 Å². The summed E-state index contributed by atoms with van der Waals surface area (Å²) in [6, 6.07) is 0.182. The van der Waals surface area contributed by atoms with Gasteiger partial charge >= 0.3 is 6.01 Å². The highest BCUT2D eigenvalue weighted by molar-refractivity contribution is 5.04. The molecule has 1 heterocycles. The molecule has 1 aromatic rings. The van der Waals surface area contributed by atoms with E-state index in [1.165, 1.54) is 32.1 Å². The molecule has 0 radical (unpaired) electrons. The smallest absolute Gasteiger partial charge is 0.312 e. The summed E-state index contributed by atoms with van der Waals surface area (Å²) in [6.45, 7) is 0.